The lowest BCUT2D eigenvalue weighted by Gasteiger charge is -2.36. The van der Waals surface area contributed by atoms with E-state index in [1.54, 1.807) is 0 Å². The average molecular weight is 1060 g/mol. The third kappa shape index (κ3) is 8.93. The molecule has 0 amide bonds. The van der Waals surface area contributed by atoms with Crippen LogP contribution in [-0.2, 0) is 5.41 Å². The lowest BCUT2D eigenvalue weighted by atomic mass is 9.65. The summed E-state index contributed by atoms with van der Waals surface area (Å²) in [5.74, 6) is 1.49. The second-order valence-electron chi connectivity index (χ2n) is 21.9. The summed E-state index contributed by atoms with van der Waals surface area (Å²) < 4.78 is 12.9. The molecule has 0 aromatic heterocycles. The first-order valence-electron chi connectivity index (χ1n) is 28.6. The lowest BCUT2D eigenvalue weighted by molar-refractivity contribution is 0.174. The van der Waals surface area contributed by atoms with Crippen LogP contribution in [0.4, 0.5) is 0 Å². The summed E-state index contributed by atoms with van der Waals surface area (Å²) in [7, 11) is 0. The second kappa shape index (κ2) is 20.8. The van der Waals surface area contributed by atoms with Gasteiger partial charge in [-0.1, -0.05) is 237 Å². The smallest absolute Gasteiger partial charge is 0.231 e. The van der Waals surface area contributed by atoms with Gasteiger partial charge in [0.1, 0.15) is 0 Å². The van der Waals surface area contributed by atoms with Crippen LogP contribution in [0.2, 0.25) is 0 Å². The fourth-order valence-corrected chi connectivity index (χ4v) is 13.0. The van der Waals surface area contributed by atoms with Crippen LogP contribution in [0.15, 0.2) is 309 Å². The summed E-state index contributed by atoms with van der Waals surface area (Å²) in [5.41, 5.74) is 27.9. The van der Waals surface area contributed by atoms with Crippen molar-refractivity contribution in [2.75, 3.05) is 6.79 Å². The first-order chi connectivity index (χ1) is 41.0. The van der Waals surface area contributed by atoms with E-state index in [2.05, 4.69) is 316 Å². The van der Waals surface area contributed by atoms with Crippen molar-refractivity contribution in [3.05, 3.63) is 337 Å². The van der Waals surface area contributed by atoms with Crippen molar-refractivity contribution in [3.8, 4) is 123 Å². The van der Waals surface area contributed by atoms with Crippen molar-refractivity contribution in [2.24, 2.45) is 0 Å². The Balaban J connectivity index is 1.08. The molecule has 1 heterocycles. The van der Waals surface area contributed by atoms with Crippen LogP contribution in [0.25, 0.3) is 111 Å². The summed E-state index contributed by atoms with van der Waals surface area (Å²) in [5, 5.41) is 0. The zero-order chi connectivity index (χ0) is 55.3. The summed E-state index contributed by atoms with van der Waals surface area (Å²) in [6.45, 7) is 2.38. The molecule has 13 aromatic carbocycles. The molecule has 2 heteroatoms. The Bertz CT molecular complexity index is 4160. The number of fused-ring (bicyclic) bond motifs is 4. The number of aryl methyl sites for hydroxylation is 1. The molecule has 0 saturated carbocycles. The first-order valence-corrected chi connectivity index (χ1v) is 28.6. The molecule has 83 heavy (non-hydrogen) atoms. The van der Waals surface area contributed by atoms with Gasteiger partial charge in [0.2, 0.25) is 6.79 Å². The molecular formula is C81H56O2. The van der Waals surface area contributed by atoms with E-state index in [9.17, 15) is 0 Å². The van der Waals surface area contributed by atoms with Crippen LogP contribution < -0.4 is 9.47 Å². The molecule has 0 radical (unpaired) electrons. The molecule has 1 aliphatic heterocycles. The summed E-state index contributed by atoms with van der Waals surface area (Å²) in [6, 6.07) is 114. The molecule has 2 nitrogen and oxygen atoms in total. The van der Waals surface area contributed by atoms with Crippen molar-refractivity contribution >= 4 is 0 Å². The van der Waals surface area contributed by atoms with Crippen LogP contribution >= 0.6 is 0 Å². The number of hydrogen-bond acceptors (Lipinski definition) is 2. The maximum atomic E-state index is 6.49. The molecule has 0 atom stereocenters. The van der Waals surface area contributed by atoms with Gasteiger partial charge in [-0.05, 0) is 219 Å². The summed E-state index contributed by atoms with van der Waals surface area (Å²) in [6.07, 6.45) is 0. The number of ether oxygens (including phenoxy) is 2. The predicted molar refractivity (Wildman–Crippen MR) is 344 cm³/mol. The fraction of sp³-hybridized carbons (Fsp3) is 0.0370. The fourth-order valence-electron chi connectivity index (χ4n) is 13.0. The van der Waals surface area contributed by atoms with E-state index in [1.807, 2.05) is 0 Å². The quantitative estimate of drug-likeness (QED) is 0.129. The van der Waals surface area contributed by atoms with E-state index >= 15 is 0 Å². The van der Waals surface area contributed by atoms with Gasteiger partial charge in [0.05, 0.1) is 5.41 Å². The van der Waals surface area contributed by atoms with Gasteiger partial charge in [0, 0.05) is 0 Å². The SMILES string of the molecule is Cc1ccccc1-c1cccc2c1-c1cc3c(cc1C2(c1cc(-c2cccc(-c4ccccc4)c2)cc(-c2cccc(-c4ccccc4)c2)c1)c1cc(-c2cccc(-c4ccccc4)c2)cc(-c2cccc(-c4ccccc4)c2)c1)OCO3. The topological polar surface area (TPSA) is 18.5 Å². The molecule has 0 fully saturated rings. The Kier molecular flexibility index (Phi) is 12.4. The Hall–Kier alpha value is -10.5. The zero-order valence-corrected chi connectivity index (χ0v) is 46.0. The highest BCUT2D eigenvalue weighted by Crippen LogP contribution is 2.62. The van der Waals surface area contributed by atoms with Crippen molar-refractivity contribution in [3.63, 3.8) is 0 Å². The molecule has 15 rings (SSSR count). The normalized spacial score (nSPS) is 12.6. The molecule has 0 unspecified atom stereocenters. The van der Waals surface area contributed by atoms with Gasteiger partial charge in [-0.3, -0.25) is 0 Å². The average Bonchev–Trinajstić information content (AvgIpc) is 2.10. The van der Waals surface area contributed by atoms with Gasteiger partial charge in [0.25, 0.3) is 0 Å². The Morgan fingerprint density at radius 1 is 0.241 bits per heavy atom. The number of benzene rings is 13. The molecule has 13 aromatic rings. The molecule has 2 aliphatic rings. The molecular weight excluding hydrogens is 1000 g/mol. The third-order valence-corrected chi connectivity index (χ3v) is 17.0. The van der Waals surface area contributed by atoms with E-state index in [0.29, 0.717) is 0 Å². The molecule has 0 bridgehead atoms. The van der Waals surface area contributed by atoms with E-state index in [1.165, 1.54) is 50.1 Å². The van der Waals surface area contributed by atoms with E-state index in [4.69, 9.17) is 9.47 Å². The lowest BCUT2D eigenvalue weighted by Crippen LogP contribution is -2.29. The van der Waals surface area contributed by atoms with Crippen molar-refractivity contribution in [1.82, 2.24) is 0 Å². The maximum Gasteiger partial charge on any atom is 0.231 e. The molecule has 1 aliphatic carbocycles. The monoisotopic (exact) mass is 1060 g/mol. The van der Waals surface area contributed by atoms with Crippen LogP contribution in [0.3, 0.4) is 0 Å². The maximum absolute atomic E-state index is 6.49. The molecule has 0 N–H and O–H groups in total. The van der Waals surface area contributed by atoms with E-state index in [0.717, 1.165) is 101 Å². The number of hydrogen-bond donors (Lipinski definition) is 0. The summed E-state index contributed by atoms with van der Waals surface area (Å²) >= 11 is 0. The van der Waals surface area contributed by atoms with Crippen LogP contribution in [0.1, 0.15) is 27.8 Å². The van der Waals surface area contributed by atoms with Gasteiger partial charge in [-0.15, -0.1) is 0 Å². The summed E-state index contributed by atoms with van der Waals surface area (Å²) in [4.78, 5) is 0. The zero-order valence-electron chi connectivity index (χ0n) is 46.0. The minimum Gasteiger partial charge on any atom is -0.454 e. The molecule has 0 spiro atoms. The van der Waals surface area contributed by atoms with Gasteiger partial charge >= 0.3 is 0 Å². The Morgan fingerprint density at radius 3 is 0.952 bits per heavy atom. The first kappa shape index (κ1) is 49.5. The van der Waals surface area contributed by atoms with Crippen molar-refractivity contribution in [2.45, 2.75) is 12.3 Å². The Labute approximate surface area is 485 Å². The minimum atomic E-state index is -0.942. The largest absolute Gasteiger partial charge is 0.454 e. The van der Waals surface area contributed by atoms with Gasteiger partial charge < -0.3 is 9.47 Å². The number of rotatable bonds is 11. The molecule has 0 saturated heterocycles. The standard InChI is InChI=1S/C81H56O2/c1-54-21-14-15-38-73(54)74-39-20-40-76-80(74)75-51-78-79(83-53-82-78)52-77(75)81(76,71-47-67(63-34-16-30-59(41-63)55-22-6-2-7-23-55)45-68(48-71)64-35-17-31-60(42-64)56-24-8-3-9-25-56)72-49-69(65-36-18-32-61(43-65)57-26-10-4-11-27-57)46-70(50-72)66-37-19-33-62(44-66)58-28-12-5-13-29-58/h2-52H,53H2,1H3. The predicted octanol–water partition coefficient (Wildman–Crippen LogP) is 21.1. The van der Waals surface area contributed by atoms with Crippen LogP contribution in [0.5, 0.6) is 11.5 Å². The third-order valence-electron chi connectivity index (χ3n) is 17.0. The van der Waals surface area contributed by atoms with Gasteiger partial charge in [0.15, 0.2) is 11.5 Å². The second-order valence-corrected chi connectivity index (χ2v) is 21.9. The van der Waals surface area contributed by atoms with Crippen LogP contribution in [-0.4, -0.2) is 6.79 Å². The minimum absolute atomic E-state index is 0.155. The molecule has 392 valence electrons. The van der Waals surface area contributed by atoms with Crippen LogP contribution in [0, 0.1) is 6.92 Å². The van der Waals surface area contributed by atoms with E-state index < -0.39 is 5.41 Å². The van der Waals surface area contributed by atoms with Gasteiger partial charge in [-0.2, -0.15) is 0 Å². The van der Waals surface area contributed by atoms with Crippen molar-refractivity contribution in [1.29, 1.82) is 0 Å². The highest BCUT2D eigenvalue weighted by atomic mass is 16.7. The Morgan fingerprint density at radius 2 is 0.554 bits per heavy atom. The van der Waals surface area contributed by atoms with Crippen molar-refractivity contribution < 1.29 is 9.47 Å². The highest BCUT2D eigenvalue weighted by Gasteiger charge is 2.49. The van der Waals surface area contributed by atoms with E-state index in [-0.39, 0.29) is 6.79 Å². The van der Waals surface area contributed by atoms with Gasteiger partial charge in [-0.25, -0.2) is 0 Å². The highest BCUT2D eigenvalue weighted by molar-refractivity contribution is 5.98.